The van der Waals surface area contributed by atoms with Crippen LogP contribution in [0.3, 0.4) is 0 Å². The third-order valence-electron chi connectivity index (χ3n) is 4.43. The summed E-state index contributed by atoms with van der Waals surface area (Å²) in [6.07, 6.45) is 0. The van der Waals surface area contributed by atoms with Gasteiger partial charge < -0.3 is 14.8 Å². The van der Waals surface area contributed by atoms with Gasteiger partial charge in [-0.25, -0.2) is 0 Å². The molecule has 1 aromatic heterocycles. The van der Waals surface area contributed by atoms with Crippen molar-refractivity contribution < 1.29 is 14.3 Å². The Balaban J connectivity index is 1.73. The summed E-state index contributed by atoms with van der Waals surface area (Å²) in [5.41, 5.74) is 4.20. The van der Waals surface area contributed by atoms with E-state index in [0.29, 0.717) is 17.2 Å². The molecule has 0 aliphatic carbocycles. The minimum absolute atomic E-state index is 0.205. The van der Waals surface area contributed by atoms with Crippen LogP contribution in [0.15, 0.2) is 48.5 Å². The van der Waals surface area contributed by atoms with Crippen LogP contribution in [0.2, 0.25) is 0 Å². The quantitative estimate of drug-likeness (QED) is 0.695. The highest BCUT2D eigenvalue weighted by atomic mass is 16.5. The Morgan fingerprint density at radius 1 is 1.04 bits per heavy atom. The zero-order chi connectivity index (χ0) is 19.4. The van der Waals surface area contributed by atoms with Crippen molar-refractivity contribution in [3.8, 4) is 22.8 Å². The van der Waals surface area contributed by atoms with Crippen molar-refractivity contribution in [1.82, 2.24) is 15.5 Å². The number of carbonyl (C=O) groups is 1. The summed E-state index contributed by atoms with van der Waals surface area (Å²) in [5.74, 6) is 1.05. The molecule has 2 N–H and O–H groups in total. The van der Waals surface area contributed by atoms with Crippen molar-refractivity contribution in [3.63, 3.8) is 0 Å². The van der Waals surface area contributed by atoms with Gasteiger partial charge in [0.2, 0.25) is 0 Å². The SMILES string of the molecule is COc1ccc(C(C)NC(=O)c2cc(-c3ccc(C)cc3)n[nH]2)cc1OC. The summed E-state index contributed by atoms with van der Waals surface area (Å²) >= 11 is 0. The van der Waals surface area contributed by atoms with Crippen LogP contribution in [0.1, 0.15) is 34.6 Å². The summed E-state index contributed by atoms with van der Waals surface area (Å²) < 4.78 is 10.6. The molecule has 3 aromatic rings. The number of rotatable bonds is 6. The van der Waals surface area contributed by atoms with Gasteiger partial charge in [-0.3, -0.25) is 9.89 Å². The third kappa shape index (κ3) is 4.11. The number of benzene rings is 2. The second-order valence-corrected chi connectivity index (χ2v) is 6.34. The molecule has 1 amide bonds. The van der Waals surface area contributed by atoms with E-state index in [4.69, 9.17) is 9.47 Å². The van der Waals surface area contributed by atoms with Gasteiger partial charge in [0.25, 0.3) is 5.91 Å². The Morgan fingerprint density at radius 3 is 2.41 bits per heavy atom. The monoisotopic (exact) mass is 365 g/mol. The van der Waals surface area contributed by atoms with Gasteiger partial charge in [0.05, 0.1) is 26.0 Å². The Kier molecular flexibility index (Phi) is 5.45. The first kappa shape index (κ1) is 18.5. The van der Waals surface area contributed by atoms with Crippen molar-refractivity contribution >= 4 is 5.91 Å². The minimum atomic E-state index is -0.219. The van der Waals surface area contributed by atoms with Gasteiger partial charge in [0, 0.05) is 5.56 Å². The van der Waals surface area contributed by atoms with E-state index in [2.05, 4.69) is 15.5 Å². The molecule has 0 saturated heterocycles. The molecule has 6 nitrogen and oxygen atoms in total. The van der Waals surface area contributed by atoms with Crippen LogP contribution in [0.5, 0.6) is 11.5 Å². The molecule has 1 heterocycles. The molecular formula is C21H23N3O3. The maximum absolute atomic E-state index is 12.6. The number of H-pyrrole nitrogens is 1. The summed E-state index contributed by atoms with van der Waals surface area (Å²) in [6.45, 7) is 3.94. The molecule has 0 spiro atoms. The van der Waals surface area contributed by atoms with Crippen molar-refractivity contribution in [2.24, 2.45) is 0 Å². The van der Waals surface area contributed by atoms with E-state index in [9.17, 15) is 4.79 Å². The summed E-state index contributed by atoms with van der Waals surface area (Å²) in [7, 11) is 3.18. The topological polar surface area (TPSA) is 76.2 Å². The highest BCUT2D eigenvalue weighted by molar-refractivity contribution is 5.93. The molecule has 1 atom stereocenters. The number of ether oxygens (including phenoxy) is 2. The number of aromatic nitrogens is 2. The number of nitrogens with zero attached hydrogens (tertiary/aromatic N) is 1. The van der Waals surface area contributed by atoms with Gasteiger partial charge in [-0.15, -0.1) is 0 Å². The molecule has 0 aliphatic heterocycles. The fourth-order valence-electron chi connectivity index (χ4n) is 2.79. The molecule has 0 aliphatic rings. The van der Waals surface area contributed by atoms with Gasteiger partial charge >= 0.3 is 0 Å². The number of nitrogens with one attached hydrogen (secondary N) is 2. The normalized spacial score (nSPS) is 11.7. The van der Waals surface area contributed by atoms with Crippen LogP contribution in [-0.2, 0) is 0 Å². The molecule has 0 radical (unpaired) electrons. The summed E-state index contributed by atoms with van der Waals surface area (Å²) in [4.78, 5) is 12.6. The Morgan fingerprint density at radius 2 is 1.74 bits per heavy atom. The number of hydrogen-bond donors (Lipinski definition) is 2. The molecular weight excluding hydrogens is 342 g/mol. The Labute approximate surface area is 158 Å². The van der Waals surface area contributed by atoms with Crippen molar-refractivity contribution in [3.05, 3.63) is 65.4 Å². The van der Waals surface area contributed by atoms with Gasteiger partial charge in [0.15, 0.2) is 11.5 Å². The molecule has 6 heteroatoms. The minimum Gasteiger partial charge on any atom is -0.493 e. The highest BCUT2D eigenvalue weighted by Crippen LogP contribution is 2.30. The second-order valence-electron chi connectivity index (χ2n) is 6.34. The van der Waals surface area contributed by atoms with Gasteiger partial charge in [0.1, 0.15) is 5.69 Å². The van der Waals surface area contributed by atoms with Crippen molar-refractivity contribution in [2.45, 2.75) is 19.9 Å². The number of carbonyl (C=O) groups excluding carboxylic acids is 1. The Bertz CT molecular complexity index is 932. The second kappa shape index (κ2) is 7.95. The average Bonchev–Trinajstić information content (AvgIpc) is 3.18. The van der Waals surface area contributed by atoms with E-state index in [1.54, 1.807) is 20.3 Å². The molecule has 0 fully saturated rings. The standard InChI is InChI=1S/C21H23N3O3/c1-13-5-7-15(8-6-13)17-12-18(24-23-17)21(25)22-14(2)16-9-10-19(26-3)20(11-16)27-4/h5-12,14H,1-4H3,(H,22,25)(H,23,24). The van der Waals surface area contributed by atoms with Gasteiger partial charge in [-0.1, -0.05) is 35.9 Å². The van der Waals surface area contributed by atoms with Gasteiger partial charge in [-0.05, 0) is 37.6 Å². The van der Waals surface area contributed by atoms with Crippen molar-refractivity contribution in [1.29, 1.82) is 0 Å². The number of hydrogen-bond acceptors (Lipinski definition) is 4. The average molecular weight is 365 g/mol. The number of methoxy groups -OCH3 is 2. The largest absolute Gasteiger partial charge is 0.493 e. The zero-order valence-electron chi connectivity index (χ0n) is 15.9. The zero-order valence-corrected chi connectivity index (χ0v) is 15.9. The predicted molar refractivity (Wildman–Crippen MR) is 104 cm³/mol. The fourth-order valence-corrected chi connectivity index (χ4v) is 2.79. The van der Waals surface area contributed by atoms with E-state index >= 15 is 0 Å². The number of aromatic amines is 1. The molecule has 27 heavy (non-hydrogen) atoms. The van der Waals surface area contributed by atoms with Crippen LogP contribution in [-0.4, -0.2) is 30.3 Å². The van der Waals surface area contributed by atoms with E-state index in [1.807, 2.05) is 56.3 Å². The van der Waals surface area contributed by atoms with Crippen LogP contribution in [0.25, 0.3) is 11.3 Å². The summed E-state index contributed by atoms with van der Waals surface area (Å²) in [5, 5.41) is 10.0. The van der Waals surface area contributed by atoms with E-state index < -0.39 is 0 Å². The fraction of sp³-hybridized carbons (Fsp3) is 0.238. The number of amides is 1. The molecule has 0 saturated carbocycles. The van der Waals surface area contributed by atoms with E-state index in [-0.39, 0.29) is 11.9 Å². The lowest BCUT2D eigenvalue weighted by Gasteiger charge is -2.16. The lowest BCUT2D eigenvalue weighted by molar-refractivity contribution is 0.0934. The molecule has 140 valence electrons. The lowest BCUT2D eigenvalue weighted by Crippen LogP contribution is -2.27. The molecule has 1 unspecified atom stereocenters. The smallest absolute Gasteiger partial charge is 0.269 e. The summed E-state index contributed by atoms with van der Waals surface area (Å²) in [6, 6.07) is 15.1. The first-order valence-electron chi connectivity index (χ1n) is 8.67. The predicted octanol–water partition coefficient (Wildman–Crippen LogP) is 3.89. The van der Waals surface area contributed by atoms with E-state index in [0.717, 1.165) is 16.8 Å². The third-order valence-corrected chi connectivity index (χ3v) is 4.43. The maximum atomic E-state index is 12.6. The van der Waals surface area contributed by atoms with Crippen LogP contribution in [0, 0.1) is 6.92 Å². The first-order valence-corrected chi connectivity index (χ1v) is 8.67. The van der Waals surface area contributed by atoms with Crippen molar-refractivity contribution in [2.75, 3.05) is 14.2 Å². The number of aryl methyl sites for hydroxylation is 1. The van der Waals surface area contributed by atoms with Crippen LogP contribution >= 0.6 is 0 Å². The molecule has 3 rings (SSSR count). The maximum Gasteiger partial charge on any atom is 0.269 e. The molecule has 0 bridgehead atoms. The lowest BCUT2D eigenvalue weighted by atomic mass is 10.1. The van der Waals surface area contributed by atoms with Crippen LogP contribution < -0.4 is 14.8 Å². The van der Waals surface area contributed by atoms with E-state index in [1.165, 1.54) is 5.56 Å². The van der Waals surface area contributed by atoms with Gasteiger partial charge in [-0.2, -0.15) is 5.10 Å². The Hall–Kier alpha value is -3.28. The molecule has 2 aromatic carbocycles. The highest BCUT2D eigenvalue weighted by Gasteiger charge is 2.16. The van der Waals surface area contributed by atoms with Crippen LogP contribution in [0.4, 0.5) is 0 Å². The first-order chi connectivity index (χ1) is 13.0.